The van der Waals surface area contributed by atoms with Crippen molar-refractivity contribution < 1.29 is 9.53 Å². The number of carbonyl (C=O) groups is 1. The first-order valence-electron chi connectivity index (χ1n) is 8.72. The van der Waals surface area contributed by atoms with Crippen LogP contribution in [0.4, 0.5) is 0 Å². The minimum Gasteiger partial charge on any atom is -0.372 e. The second kappa shape index (κ2) is 7.01. The maximum absolute atomic E-state index is 12.8. The standard InChI is InChI=1S/C17H28N4O2/c1-12-10-21(11-13(2)23-12)17(22)14(3)20-8-5-15(6-9-20)16-4-7-18-19-16/h4,7,12-15H,5-6,8-11H2,1-3H3,(H,18,19)/t12-,13-,14+/m1/s1. The van der Waals surface area contributed by atoms with Gasteiger partial charge in [0.2, 0.25) is 5.91 Å². The highest BCUT2D eigenvalue weighted by atomic mass is 16.5. The van der Waals surface area contributed by atoms with Crippen LogP contribution in [-0.2, 0) is 9.53 Å². The van der Waals surface area contributed by atoms with Gasteiger partial charge in [-0.2, -0.15) is 5.10 Å². The van der Waals surface area contributed by atoms with Gasteiger partial charge in [0.1, 0.15) is 0 Å². The molecule has 3 rings (SSSR count). The molecule has 1 aromatic heterocycles. The van der Waals surface area contributed by atoms with Gasteiger partial charge in [-0.1, -0.05) is 0 Å². The lowest BCUT2D eigenvalue weighted by Gasteiger charge is -2.40. The van der Waals surface area contributed by atoms with Gasteiger partial charge in [-0.15, -0.1) is 0 Å². The zero-order valence-corrected chi connectivity index (χ0v) is 14.4. The van der Waals surface area contributed by atoms with E-state index in [1.54, 1.807) is 0 Å². The van der Waals surface area contributed by atoms with Gasteiger partial charge in [0, 0.05) is 30.9 Å². The molecule has 1 amide bonds. The number of nitrogens with one attached hydrogen (secondary N) is 1. The number of nitrogens with zero attached hydrogens (tertiary/aromatic N) is 3. The Morgan fingerprint density at radius 1 is 1.30 bits per heavy atom. The molecule has 0 saturated carbocycles. The van der Waals surface area contributed by atoms with Crippen molar-refractivity contribution in [3.8, 4) is 0 Å². The molecular formula is C17H28N4O2. The molecule has 0 bridgehead atoms. The summed E-state index contributed by atoms with van der Waals surface area (Å²) in [7, 11) is 0. The van der Waals surface area contributed by atoms with Crippen molar-refractivity contribution in [3.05, 3.63) is 18.0 Å². The lowest BCUT2D eigenvalue weighted by atomic mass is 9.93. The number of aromatic nitrogens is 2. The van der Waals surface area contributed by atoms with Crippen molar-refractivity contribution in [2.45, 2.75) is 57.8 Å². The fraction of sp³-hybridized carbons (Fsp3) is 0.765. The van der Waals surface area contributed by atoms with E-state index in [-0.39, 0.29) is 24.2 Å². The van der Waals surface area contributed by atoms with Gasteiger partial charge in [0.15, 0.2) is 0 Å². The fourth-order valence-corrected chi connectivity index (χ4v) is 3.87. The minimum atomic E-state index is -0.0461. The van der Waals surface area contributed by atoms with Gasteiger partial charge in [0.05, 0.1) is 18.2 Å². The minimum absolute atomic E-state index is 0.0461. The Morgan fingerprint density at radius 2 is 1.96 bits per heavy atom. The number of rotatable bonds is 3. The number of likely N-dealkylation sites (tertiary alicyclic amines) is 1. The molecule has 1 aromatic rings. The topological polar surface area (TPSA) is 61.5 Å². The number of morpholine rings is 1. The molecule has 2 saturated heterocycles. The molecule has 128 valence electrons. The smallest absolute Gasteiger partial charge is 0.239 e. The molecule has 0 aromatic carbocycles. The number of H-pyrrole nitrogens is 1. The monoisotopic (exact) mass is 320 g/mol. The first-order valence-corrected chi connectivity index (χ1v) is 8.72. The van der Waals surface area contributed by atoms with E-state index in [0.717, 1.165) is 25.9 Å². The van der Waals surface area contributed by atoms with Crippen molar-refractivity contribution in [1.29, 1.82) is 0 Å². The summed E-state index contributed by atoms with van der Waals surface area (Å²) in [6, 6.07) is 2.01. The molecule has 3 heterocycles. The van der Waals surface area contributed by atoms with E-state index >= 15 is 0 Å². The second-order valence-electron chi connectivity index (χ2n) is 7.00. The zero-order chi connectivity index (χ0) is 16.4. The largest absolute Gasteiger partial charge is 0.372 e. The molecule has 6 nitrogen and oxygen atoms in total. The number of ether oxygens (including phenoxy) is 1. The predicted octanol–water partition coefficient (Wildman–Crippen LogP) is 1.61. The molecule has 3 atom stereocenters. The maximum Gasteiger partial charge on any atom is 0.239 e. The van der Waals surface area contributed by atoms with E-state index in [1.807, 2.05) is 31.9 Å². The Hall–Kier alpha value is -1.40. The van der Waals surface area contributed by atoms with Crippen LogP contribution in [0, 0.1) is 0 Å². The van der Waals surface area contributed by atoms with Crippen LogP contribution in [0.15, 0.2) is 12.3 Å². The number of hydrogen-bond acceptors (Lipinski definition) is 4. The summed E-state index contributed by atoms with van der Waals surface area (Å²) in [5.74, 6) is 0.784. The molecule has 2 fully saturated rings. The number of hydrogen-bond donors (Lipinski definition) is 1. The zero-order valence-electron chi connectivity index (χ0n) is 14.4. The molecule has 23 heavy (non-hydrogen) atoms. The van der Waals surface area contributed by atoms with Crippen LogP contribution in [0.3, 0.4) is 0 Å². The second-order valence-corrected chi connectivity index (χ2v) is 7.00. The summed E-state index contributed by atoms with van der Waals surface area (Å²) >= 11 is 0. The van der Waals surface area contributed by atoms with Crippen molar-refractivity contribution in [1.82, 2.24) is 20.0 Å². The van der Waals surface area contributed by atoms with Crippen LogP contribution in [0.1, 0.15) is 45.2 Å². The van der Waals surface area contributed by atoms with E-state index in [2.05, 4.69) is 21.2 Å². The molecule has 0 spiro atoms. The summed E-state index contributed by atoms with van der Waals surface area (Å²) < 4.78 is 5.73. The van der Waals surface area contributed by atoms with E-state index in [9.17, 15) is 4.79 Å². The van der Waals surface area contributed by atoms with E-state index in [1.165, 1.54) is 5.69 Å². The van der Waals surface area contributed by atoms with Crippen molar-refractivity contribution in [2.75, 3.05) is 26.2 Å². The Labute approximate surface area is 138 Å². The van der Waals surface area contributed by atoms with E-state index < -0.39 is 0 Å². The van der Waals surface area contributed by atoms with Crippen molar-refractivity contribution in [3.63, 3.8) is 0 Å². The number of carbonyl (C=O) groups excluding carboxylic acids is 1. The quantitative estimate of drug-likeness (QED) is 0.919. The van der Waals surface area contributed by atoms with Crippen LogP contribution < -0.4 is 0 Å². The predicted molar refractivity (Wildman–Crippen MR) is 88.2 cm³/mol. The summed E-state index contributed by atoms with van der Waals surface area (Å²) in [6.07, 6.45) is 4.22. The Bertz CT molecular complexity index is 501. The fourth-order valence-electron chi connectivity index (χ4n) is 3.87. The maximum atomic E-state index is 12.8. The van der Waals surface area contributed by atoms with Crippen LogP contribution in [0.2, 0.25) is 0 Å². The Balaban J connectivity index is 1.54. The summed E-state index contributed by atoms with van der Waals surface area (Å²) in [5, 5.41) is 7.12. The molecule has 0 aliphatic carbocycles. The average molecular weight is 320 g/mol. The van der Waals surface area contributed by atoms with Crippen molar-refractivity contribution in [2.24, 2.45) is 0 Å². The molecule has 0 radical (unpaired) electrons. The average Bonchev–Trinajstić information content (AvgIpc) is 3.07. The molecule has 2 aliphatic rings. The van der Waals surface area contributed by atoms with Crippen LogP contribution in [0.5, 0.6) is 0 Å². The van der Waals surface area contributed by atoms with E-state index in [0.29, 0.717) is 19.0 Å². The highest BCUT2D eigenvalue weighted by Gasteiger charge is 2.33. The summed E-state index contributed by atoms with van der Waals surface area (Å²) in [4.78, 5) is 17.1. The molecule has 1 N–H and O–H groups in total. The number of amides is 1. The Morgan fingerprint density at radius 3 is 2.52 bits per heavy atom. The normalized spacial score (nSPS) is 28.7. The van der Waals surface area contributed by atoms with Crippen LogP contribution >= 0.6 is 0 Å². The van der Waals surface area contributed by atoms with Gasteiger partial charge in [-0.05, 0) is 52.8 Å². The van der Waals surface area contributed by atoms with Gasteiger partial charge in [0.25, 0.3) is 0 Å². The molecular weight excluding hydrogens is 292 g/mol. The first kappa shape index (κ1) is 16.5. The number of aromatic amines is 1. The lowest BCUT2D eigenvalue weighted by Crippen LogP contribution is -2.55. The molecule has 2 aliphatic heterocycles. The third-order valence-corrected chi connectivity index (χ3v) is 5.13. The van der Waals surface area contributed by atoms with Gasteiger partial charge < -0.3 is 9.64 Å². The van der Waals surface area contributed by atoms with Gasteiger partial charge >= 0.3 is 0 Å². The summed E-state index contributed by atoms with van der Waals surface area (Å²) in [6.45, 7) is 9.46. The SMILES string of the molecule is C[C@@H]1CN(C(=O)[C@H](C)N2CCC(c3ccn[nH]3)CC2)C[C@@H](C)O1. The van der Waals surface area contributed by atoms with Gasteiger partial charge in [-0.3, -0.25) is 14.8 Å². The lowest BCUT2D eigenvalue weighted by molar-refractivity contribution is -0.148. The Kier molecular flexibility index (Phi) is 5.02. The van der Waals surface area contributed by atoms with Crippen LogP contribution in [0.25, 0.3) is 0 Å². The molecule has 0 unspecified atom stereocenters. The van der Waals surface area contributed by atoms with Crippen molar-refractivity contribution >= 4 is 5.91 Å². The highest BCUT2D eigenvalue weighted by Crippen LogP contribution is 2.27. The third kappa shape index (κ3) is 3.75. The van der Waals surface area contributed by atoms with E-state index in [4.69, 9.17) is 4.74 Å². The highest BCUT2D eigenvalue weighted by molar-refractivity contribution is 5.81. The van der Waals surface area contributed by atoms with Gasteiger partial charge in [-0.25, -0.2) is 0 Å². The molecule has 6 heteroatoms. The first-order chi connectivity index (χ1) is 11.0. The number of piperidine rings is 1. The van der Waals surface area contributed by atoms with Crippen LogP contribution in [-0.4, -0.2) is 70.3 Å². The third-order valence-electron chi connectivity index (χ3n) is 5.13. The summed E-state index contributed by atoms with van der Waals surface area (Å²) in [5.41, 5.74) is 1.22.